The van der Waals surface area contributed by atoms with Crippen LogP contribution in [-0.2, 0) is 23.8 Å². The topological polar surface area (TPSA) is 61.8 Å². The summed E-state index contributed by atoms with van der Waals surface area (Å²) in [6.07, 6.45) is 3.06. The highest BCUT2D eigenvalue weighted by atomic mass is 32.1. The highest BCUT2D eigenvalue weighted by Crippen LogP contribution is 2.02. The molecule has 1 saturated heterocycles. The van der Waals surface area contributed by atoms with E-state index in [1.807, 2.05) is 0 Å². The quantitative estimate of drug-likeness (QED) is 0.424. The predicted molar refractivity (Wildman–Crippen MR) is 88.1 cm³/mol. The molecule has 2 unspecified atom stereocenters. The Hall–Kier alpha value is -0.400. The first-order chi connectivity index (χ1) is 9.91. The first-order valence-electron chi connectivity index (χ1n) is 7.17. The second-order valence-corrected chi connectivity index (χ2v) is 6.63. The third-order valence-corrected chi connectivity index (χ3v) is 2.73. The van der Waals surface area contributed by atoms with Crippen LogP contribution in [0.1, 0.15) is 39.5 Å². The van der Waals surface area contributed by atoms with Crippen LogP contribution >= 0.6 is 25.3 Å². The van der Waals surface area contributed by atoms with Crippen LogP contribution in [0.2, 0.25) is 0 Å². The number of rotatable bonds is 7. The Morgan fingerprint density at radius 1 is 0.952 bits per heavy atom. The van der Waals surface area contributed by atoms with Crippen LogP contribution in [0.15, 0.2) is 0 Å². The number of thiol groups is 2. The zero-order valence-corrected chi connectivity index (χ0v) is 14.5. The van der Waals surface area contributed by atoms with Gasteiger partial charge < -0.3 is 14.2 Å². The zero-order valence-electron chi connectivity index (χ0n) is 12.7. The minimum Gasteiger partial charge on any atom is -0.462 e. The molecule has 0 spiro atoms. The van der Waals surface area contributed by atoms with Gasteiger partial charge in [-0.2, -0.15) is 25.3 Å². The van der Waals surface area contributed by atoms with Gasteiger partial charge in [-0.25, -0.2) is 0 Å². The van der Waals surface area contributed by atoms with Crippen molar-refractivity contribution in [2.45, 2.75) is 50.0 Å². The molecule has 21 heavy (non-hydrogen) atoms. The second kappa shape index (κ2) is 13.3. The van der Waals surface area contributed by atoms with Crippen LogP contribution < -0.4 is 0 Å². The van der Waals surface area contributed by atoms with Gasteiger partial charge in [0, 0.05) is 23.7 Å². The zero-order chi connectivity index (χ0) is 16.1. The van der Waals surface area contributed by atoms with Gasteiger partial charge in [-0.1, -0.05) is 13.8 Å². The summed E-state index contributed by atoms with van der Waals surface area (Å²) in [6.45, 7) is 5.79. The first-order valence-corrected chi connectivity index (χ1v) is 8.20. The molecule has 0 aromatic rings. The van der Waals surface area contributed by atoms with Crippen molar-refractivity contribution in [3.8, 4) is 0 Å². The van der Waals surface area contributed by atoms with E-state index in [1.165, 1.54) is 12.8 Å². The van der Waals surface area contributed by atoms with Crippen molar-refractivity contribution in [2.75, 3.05) is 26.4 Å². The van der Waals surface area contributed by atoms with Crippen molar-refractivity contribution in [3.05, 3.63) is 0 Å². The summed E-state index contributed by atoms with van der Waals surface area (Å²) in [4.78, 5) is 22.1. The lowest BCUT2D eigenvalue weighted by atomic mass is 10.3. The minimum atomic E-state index is -0.332. The number of esters is 2. The first kappa shape index (κ1) is 20.6. The van der Waals surface area contributed by atoms with Gasteiger partial charge in [-0.15, -0.1) is 0 Å². The Morgan fingerprint density at radius 2 is 1.33 bits per heavy atom. The predicted octanol–water partition coefficient (Wildman–Crippen LogP) is 2.29. The lowest BCUT2D eigenvalue weighted by Gasteiger charge is -2.08. The fourth-order valence-corrected chi connectivity index (χ4v) is 1.72. The fourth-order valence-electron chi connectivity index (χ4n) is 1.42. The summed E-state index contributed by atoms with van der Waals surface area (Å²) in [6, 6.07) is 0. The number of carbonyl (C=O) groups is 2. The van der Waals surface area contributed by atoms with Crippen molar-refractivity contribution in [1.82, 2.24) is 0 Å². The standard InChI is InChI=1S/C10H18O4S2.C4H8O/c1-7(15)5-9(11)13-3-4-14-10(12)6-8(2)16;1-2-4-5-3-1/h7-8,15-16H,3-6H2,1-2H3;1-4H2. The maximum absolute atomic E-state index is 11.1. The van der Waals surface area contributed by atoms with E-state index >= 15 is 0 Å². The molecule has 124 valence electrons. The van der Waals surface area contributed by atoms with Crippen LogP contribution in [0.4, 0.5) is 0 Å². The average Bonchev–Trinajstić information content (AvgIpc) is 2.91. The van der Waals surface area contributed by atoms with Crippen LogP contribution in [0.5, 0.6) is 0 Å². The van der Waals surface area contributed by atoms with Gasteiger partial charge in [0.05, 0.1) is 12.8 Å². The van der Waals surface area contributed by atoms with E-state index in [4.69, 9.17) is 14.2 Å². The molecule has 0 aromatic carbocycles. The van der Waals surface area contributed by atoms with Crippen molar-refractivity contribution < 1.29 is 23.8 Å². The summed E-state index contributed by atoms with van der Waals surface area (Å²) in [7, 11) is 0. The van der Waals surface area contributed by atoms with Crippen LogP contribution in [-0.4, -0.2) is 48.9 Å². The summed E-state index contributed by atoms with van der Waals surface area (Å²) in [5.74, 6) is -0.665. The second-order valence-electron chi connectivity index (χ2n) is 4.87. The Bertz CT molecular complexity index is 259. The van der Waals surface area contributed by atoms with E-state index in [-0.39, 0.29) is 48.5 Å². The highest BCUT2D eigenvalue weighted by molar-refractivity contribution is 7.81. The highest BCUT2D eigenvalue weighted by Gasteiger charge is 2.08. The fraction of sp³-hybridized carbons (Fsp3) is 0.857. The van der Waals surface area contributed by atoms with Crippen LogP contribution in [0, 0.1) is 0 Å². The molecule has 0 bridgehead atoms. The monoisotopic (exact) mass is 338 g/mol. The van der Waals surface area contributed by atoms with Gasteiger partial charge in [0.2, 0.25) is 0 Å². The third kappa shape index (κ3) is 15.8. The summed E-state index contributed by atoms with van der Waals surface area (Å²) in [5.41, 5.74) is 0. The molecule has 0 amide bonds. The van der Waals surface area contributed by atoms with Crippen molar-refractivity contribution >= 4 is 37.2 Å². The largest absolute Gasteiger partial charge is 0.462 e. The molecule has 0 N–H and O–H groups in total. The van der Waals surface area contributed by atoms with E-state index in [9.17, 15) is 9.59 Å². The maximum Gasteiger partial charge on any atom is 0.307 e. The van der Waals surface area contributed by atoms with Gasteiger partial charge in [0.15, 0.2) is 0 Å². The average molecular weight is 338 g/mol. The molecule has 0 aliphatic carbocycles. The van der Waals surface area contributed by atoms with E-state index in [1.54, 1.807) is 13.8 Å². The smallest absolute Gasteiger partial charge is 0.307 e. The lowest BCUT2D eigenvalue weighted by Crippen LogP contribution is -2.16. The maximum atomic E-state index is 11.1. The summed E-state index contributed by atoms with van der Waals surface area (Å²) < 4.78 is 14.6. The molecule has 5 nitrogen and oxygen atoms in total. The molecule has 2 atom stereocenters. The van der Waals surface area contributed by atoms with Gasteiger partial charge in [0.1, 0.15) is 13.2 Å². The Labute approximate surface area is 137 Å². The summed E-state index contributed by atoms with van der Waals surface area (Å²) >= 11 is 8.12. The summed E-state index contributed by atoms with van der Waals surface area (Å²) in [5, 5.41) is -0.0554. The van der Waals surface area contributed by atoms with Crippen LogP contribution in [0.25, 0.3) is 0 Å². The van der Waals surface area contributed by atoms with Gasteiger partial charge in [-0.05, 0) is 12.8 Å². The number of hydrogen-bond acceptors (Lipinski definition) is 7. The minimum absolute atomic E-state index is 0.0277. The van der Waals surface area contributed by atoms with E-state index < -0.39 is 0 Å². The van der Waals surface area contributed by atoms with Gasteiger partial charge in [-0.3, -0.25) is 9.59 Å². The number of carbonyl (C=O) groups excluding carboxylic acids is 2. The number of hydrogen-bond donors (Lipinski definition) is 2. The normalized spacial score (nSPS) is 16.4. The molecular formula is C14H26O5S2. The third-order valence-electron chi connectivity index (χ3n) is 2.36. The molecule has 1 fully saturated rings. The SMILES string of the molecule is C1CCOC1.CC(S)CC(=O)OCCOC(=O)CC(C)S. The van der Waals surface area contributed by atoms with E-state index in [0.717, 1.165) is 13.2 Å². The molecule has 0 aromatic heterocycles. The van der Waals surface area contributed by atoms with E-state index in [0.29, 0.717) is 0 Å². The molecule has 1 aliphatic heterocycles. The Kier molecular flexibility index (Phi) is 13.0. The molecule has 7 heteroatoms. The molecule has 0 saturated carbocycles. The lowest BCUT2D eigenvalue weighted by molar-refractivity contribution is -0.152. The van der Waals surface area contributed by atoms with Gasteiger partial charge >= 0.3 is 11.9 Å². The molecule has 1 aliphatic rings. The molecule has 1 heterocycles. The van der Waals surface area contributed by atoms with E-state index in [2.05, 4.69) is 25.3 Å². The Balaban J connectivity index is 0.000000662. The van der Waals surface area contributed by atoms with Crippen LogP contribution in [0.3, 0.4) is 0 Å². The van der Waals surface area contributed by atoms with Crippen molar-refractivity contribution in [2.24, 2.45) is 0 Å². The van der Waals surface area contributed by atoms with Gasteiger partial charge in [0.25, 0.3) is 0 Å². The van der Waals surface area contributed by atoms with Crippen molar-refractivity contribution in [1.29, 1.82) is 0 Å². The number of ether oxygens (including phenoxy) is 3. The Morgan fingerprint density at radius 3 is 1.57 bits per heavy atom. The molecule has 0 radical (unpaired) electrons. The molecule has 1 rings (SSSR count). The molecular weight excluding hydrogens is 312 g/mol. The van der Waals surface area contributed by atoms with Crippen molar-refractivity contribution in [3.63, 3.8) is 0 Å².